The van der Waals surface area contributed by atoms with Gasteiger partial charge in [-0.2, -0.15) is 0 Å². The molecule has 0 amide bonds. The number of anilines is 1. The highest BCUT2D eigenvalue weighted by Gasteiger charge is 2.13. The zero-order valence-electron chi connectivity index (χ0n) is 7.71. The molecule has 1 aromatic rings. The summed E-state index contributed by atoms with van der Waals surface area (Å²) >= 11 is 0. The predicted molar refractivity (Wildman–Crippen MR) is 50.5 cm³/mol. The zero-order chi connectivity index (χ0) is 11.4. The molecule has 4 nitrogen and oxygen atoms in total. The van der Waals surface area contributed by atoms with Crippen LogP contribution in [0.1, 0.15) is 0 Å². The topological polar surface area (TPSA) is 75.3 Å². The van der Waals surface area contributed by atoms with E-state index in [0.29, 0.717) is 0 Å². The smallest absolute Gasteiger partial charge is 0.322 e. The molecule has 0 saturated carbocycles. The molecule has 0 aliphatic carbocycles. The molecule has 0 saturated heterocycles. The van der Waals surface area contributed by atoms with Gasteiger partial charge in [0.1, 0.15) is 23.4 Å². The van der Waals surface area contributed by atoms with Gasteiger partial charge in [-0.15, -0.1) is 0 Å². The Morgan fingerprint density at radius 3 is 2.47 bits per heavy atom. The first kappa shape index (κ1) is 11.4. The van der Waals surface area contributed by atoms with Gasteiger partial charge in [0, 0.05) is 6.54 Å². The number of nitrogens with two attached hydrogens (primary N) is 1. The molecule has 0 radical (unpaired) electrons. The van der Waals surface area contributed by atoms with E-state index in [2.05, 4.69) is 5.32 Å². The molecule has 0 heterocycles. The highest BCUT2D eigenvalue weighted by Crippen LogP contribution is 2.17. The number of hydrogen-bond donors (Lipinski definition) is 3. The van der Waals surface area contributed by atoms with Crippen molar-refractivity contribution in [3.05, 3.63) is 29.8 Å². The number of hydrogen-bond acceptors (Lipinski definition) is 3. The number of carboxylic acids is 1. The number of carboxylic acid groups (broad SMARTS) is 1. The van der Waals surface area contributed by atoms with E-state index in [9.17, 15) is 13.6 Å². The first-order chi connectivity index (χ1) is 7.02. The molecule has 1 rings (SSSR count). The van der Waals surface area contributed by atoms with Crippen LogP contribution in [0.4, 0.5) is 14.5 Å². The van der Waals surface area contributed by atoms with Gasteiger partial charge in [0.15, 0.2) is 0 Å². The number of para-hydroxylation sites is 1. The maximum absolute atomic E-state index is 13.0. The number of benzene rings is 1. The number of halogens is 2. The van der Waals surface area contributed by atoms with E-state index in [1.165, 1.54) is 6.07 Å². The van der Waals surface area contributed by atoms with Crippen LogP contribution < -0.4 is 11.1 Å². The van der Waals surface area contributed by atoms with Crippen LogP contribution in [0.25, 0.3) is 0 Å². The van der Waals surface area contributed by atoms with Crippen LogP contribution in [-0.4, -0.2) is 23.7 Å². The summed E-state index contributed by atoms with van der Waals surface area (Å²) in [5, 5.41) is 10.8. The molecular formula is C9H10F2N2O2. The zero-order valence-corrected chi connectivity index (χ0v) is 7.71. The molecule has 0 aromatic heterocycles. The molecule has 6 heteroatoms. The average molecular weight is 216 g/mol. The van der Waals surface area contributed by atoms with Crippen LogP contribution in [0, 0.1) is 11.6 Å². The van der Waals surface area contributed by atoms with Gasteiger partial charge in [0.25, 0.3) is 0 Å². The molecule has 15 heavy (non-hydrogen) atoms. The summed E-state index contributed by atoms with van der Waals surface area (Å²) in [5.41, 5.74) is 4.79. The molecule has 0 spiro atoms. The Morgan fingerprint density at radius 2 is 2.00 bits per heavy atom. The van der Waals surface area contributed by atoms with E-state index >= 15 is 0 Å². The lowest BCUT2D eigenvalue weighted by Crippen LogP contribution is -2.37. The van der Waals surface area contributed by atoms with E-state index in [-0.39, 0.29) is 12.2 Å². The van der Waals surface area contributed by atoms with Gasteiger partial charge < -0.3 is 16.2 Å². The summed E-state index contributed by atoms with van der Waals surface area (Å²) in [7, 11) is 0. The molecule has 1 aromatic carbocycles. The van der Waals surface area contributed by atoms with Crippen molar-refractivity contribution in [3.8, 4) is 0 Å². The number of aliphatic carboxylic acids is 1. The minimum atomic E-state index is -1.24. The highest BCUT2D eigenvalue weighted by atomic mass is 19.1. The second-order valence-corrected chi connectivity index (χ2v) is 2.92. The Kier molecular flexibility index (Phi) is 3.56. The van der Waals surface area contributed by atoms with Crippen molar-refractivity contribution < 1.29 is 18.7 Å². The largest absolute Gasteiger partial charge is 0.480 e. The molecule has 4 N–H and O–H groups in total. The van der Waals surface area contributed by atoms with E-state index < -0.39 is 23.6 Å². The first-order valence-electron chi connectivity index (χ1n) is 4.18. The van der Waals surface area contributed by atoms with Gasteiger partial charge in [-0.05, 0) is 12.1 Å². The van der Waals surface area contributed by atoms with E-state index in [1.807, 2.05) is 0 Å². The number of nitrogens with one attached hydrogen (secondary N) is 1. The lowest BCUT2D eigenvalue weighted by atomic mass is 10.2. The fourth-order valence-corrected chi connectivity index (χ4v) is 0.966. The van der Waals surface area contributed by atoms with Crippen LogP contribution in [0.2, 0.25) is 0 Å². The number of carbonyl (C=O) groups is 1. The lowest BCUT2D eigenvalue weighted by molar-refractivity contribution is -0.138. The molecular weight excluding hydrogens is 206 g/mol. The molecule has 1 atom stereocenters. The van der Waals surface area contributed by atoms with Gasteiger partial charge in [-0.3, -0.25) is 4.79 Å². The van der Waals surface area contributed by atoms with Crippen molar-refractivity contribution in [2.75, 3.05) is 11.9 Å². The molecule has 0 bridgehead atoms. The van der Waals surface area contributed by atoms with Crippen molar-refractivity contribution in [1.82, 2.24) is 0 Å². The van der Waals surface area contributed by atoms with Crippen LogP contribution in [0.3, 0.4) is 0 Å². The normalized spacial score (nSPS) is 12.2. The van der Waals surface area contributed by atoms with Crippen LogP contribution in [0.15, 0.2) is 18.2 Å². The Hall–Kier alpha value is -1.69. The van der Waals surface area contributed by atoms with E-state index in [4.69, 9.17) is 10.8 Å². The minimum Gasteiger partial charge on any atom is -0.480 e. The van der Waals surface area contributed by atoms with Gasteiger partial charge in [-0.25, -0.2) is 8.78 Å². The average Bonchev–Trinajstić information content (AvgIpc) is 2.16. The third-order valence-corrected chi connectivity index (χ3v) is 1.78. The first-order valence-corrected chi connectivity index (χ1v) is 4.18. The standard InChI is InChI=1S/C9H10F2N2O2/c10-5-2-1-3-6(11)8(5)13-4-7(12)9(14)15/h1-3,7,13H,4,12H2,(H,14,15). The molecule has 82 valence electrons. The summed E-state index contributed by atoms with van der Waals surface area (Å²) in [6.07, 6.45) is 0. The summed E-state index contributed by atoms with van der Waals surface area (Å²) < 4.78 is 26.0. The van der Waals surface area contributed by atoms with Crippen LogP contribution in [-0.2, 0) is 4.79 Å². The van der Waals surface area contributed by atoms with Gasteiger partial charge in [0.05, 0.1) is 0 Å². The van der Waals surface area contributed by atoms with Gasteiger partial charge in [-0.1, -0.05) is 6.07 Å². The van der Waals surface area contributed by atoms with Gasteiger partial charge >= 0.3 is 5.97 Å². The third kappa shape index (κ3) is 2.88. The maximum atomic E-state index is 13.0. The lowest BCUT2D eigenvalue weighted by Gasteiger charge is -2.10. The van der Waals surface area contributed by atoms with E-state index in [0.717, 1.165) is 12.1 Å². The van der Waals surface area contributed by atoms with Crippen LogP contribution in [0.5, 0.6) is 0 Å². The summed E-state index contributed by atoms with van der Waals surface area (Å²) in [6, 6.07) is 2.14. The summed E-state index contributed by atoms with van der Waals surface area (Å²) in [4.78, 5) is 10.3. The minimum absolute atomic E-state index is 0.243. The fourth-order valence-electron chi connectivity index (χ4n) is 0.966. The number of rotatable bonds is 4. The Morgan fingerprint density at radius 1 is 1.47 bits per heavy atom. The summed E-state index contributed by atoms with van der Waals surface area (Å²) in [6.45, 7) is -0.243. The Labute approximate surface area is 84.7 Å². The monoisotopic (exact) mass is 216 g/mol. The van der Waals surface area contributed by atoms with Gasteiger partial charge in [0.2, 0.25) is 0 Å². The fraction of sp³-hybridized carbons (Fsp3) is 0.222. The third-order valence-electron chi connectivity index (χ3n) is 1.78. The summed E-state index contributed by atoms with van der Waals surface area (Å²) in [5.74, 6) is -2.81. The van der Waals surface area contributed by atoms with Crippen molar-refractivity contribution >= 4 is 11.7 Å². The molecule has 0 aliphatic rings. The molecule has 0 fully saturated rings. The van der Waals surface area contributed by atoms with Crippen molar-refractivity contribution in [2.45, 2.75) is 6.04 Å². The maximum Gasteiger partial charge on any atom is 0.322 e. The van der Waals surface area contributed by atoms with Crippen molar-refractivity contribution in [2.24, 2.45) is 5.73 Å². The highest BCUT2D eigenvalue weighted by molar-refractivity contribution is 5.74. The van der Waals surface area contributed by atoms with Crippen molar-refractivity contribution in [3.63, 3.8) is 0 Å². The second-order valence-electron chi connectivity index (χ2n) is 2.92. The van der Waals surface area contributed by atoms with Crippen LogP contribution >= 0.6 is 0 Å². The van der Waals surface area contributed by atoms with E-state index in [1.54, 1.807) is 0 Å². The Balaban J connectivity index is 2.69. The SMILES string of the molecule is NC(CNc1c(F)cccc1F)C(=O)O. The predicted octanol–water partition coefficient (Wildman–Crippen LogP) is 0.789. The molecule has 0 aliphatic heterocycles. The molecule has 1 unspecified atom stereocenters. The Bertz CT molecular complexity index is 351. The second kappa shape index (κ2) is 4.70. The van der Waals surface area contributed by atoms with Crippen molar-refractivity contribution in [1.29, 1.82) is 0 Å². The quantitative estimate of drug-likeness (QED) is 0.695.